The van der Waals surface area contributed by atoms with E-state index >= 15 is 0 Å². The van der Waals surface area contributed by atoms with Crippen LogP contribution in [-0.2, 0) is 17.6 Å². The fraction of sp³-hybridized carbons (Fsp3) is 0.409. The minimum Gasteiger partial charge on any atom is -0.465 e. The summed E-state index contributed by atoms with van der Waals surface area (Å²) in [5.41, 5.74) is 4.64. The van der Waals surface area contributed by atoms with Crippen LogP contribution >= 0.6 is 0 Å². The summed E-state index contributed by atoms with van der Waals surface area (Å²) in [6.45, 7) is 6.51. The van der Waals surface area contributed by atoms with Crippen molar-refractivity contribution >= 4 is 18.1 Å². The van der Waals surface area contributed by atoms with Crippen LogP contribution in [0.15, 0.2) is 36.2 Å². The molecule has 0 saturated carbocycles. The summed E-state index contributed by atoms with van der Waals surface area (Å²) >= 11 is 0. The lowest BCUT2D eigenvalue weighted by Crippen LogP contribution is -2.46. The Labute approximate surface area is 164 Å². The van der Waals surface area contributed by atoms with E-state index in [1.807, 2.05) is 18.2 Å². The van der Waals surface area contributed by atoms with Crippen LogP contribution in [0.5, 0.6) is 0 Å². The highest BCUT2D eigenvalue weighted by atomic mass is 16.4. The van der Waals surface area contributed by atoms with Crippen LogP contribution in [-0.4, -0.2) is 38.1 Å². The minimum atomic E-state index is -1.19. The number of nitrogens with zero attached hydrogens (tertiary/aromatic N) is 3. The van der Waals surface area contributed by atoms with Crippen LogP contribution in [0.1, 0.15) is 44.1 Å². The Morgan fingerprint density at radius 2 is 2.00 bits per heavy atom. The van der Waals surface area contributed by atoms with Gasteiger partial charge in [0.1, 0.15) is 6.33 Å². The first-order valence-corrected chi connectivity index (χ1v) is 9.68. The van der Waals surface area contributed by atoms with Gasteiger partial charge in [0.15, 0.2) is 0 Å². The van der Waals surface area contributed by atoms with Crippen LogP contribution in [0, 0.1) is 11.3 Å². The maximum Gasteiger partial charge on any atom is 0.414 e. The van der Waals surface area contributed by atoms with Crippen molar-refractivity contribution in [1.29, 1.82) is 0 Å². The van der Waals surface area contributed by atoms with E-state index < -0.39 is 12.0 Å². The van der Waals surface area contributed by atoms with Crippen molar-refractivity contribution in [2.45, 2.75) is 40.0 Å². The van der Waals surface area contributed by atoms with Crippen LogP contribution < -0.4 is 0 Å². The number of rotatable bonds is 1. The van der Waals surface area contributed by atoms with Crippen LogP contribution in [0.2, 0.25) is 0 Å². The fourth-order valence-corrected chi connectivity index (χ4v) is 4.39. The molecule has 146 valence electrons. The number of aryl methyl sites for hydroxylation is 1. The second-order valence-corrected chi connectivity index (χ2v) is 8.62. The van der Waals surface area contributed by atoms with Gasteiger partial charge in [0.25, 0.3) is 5.91 Å². The van der Waals surface area contributed by atoms with Crippen LogP contribution in [0.25, 0.3) is 11.8 Å². The highest BCUT2D eigenvalue weighted by Crippen LogP contribution is 2.40. The SMILES string of the molecule is CC(C)(C)C1CCN(C(=O)O)C(=O)C1=Cc1ncn2c1CCc1ccccc1-2. The van der Waals surface area contributed by atoms with Crippen molar-refractivity contribution < 1.29 is 14.7 Å². The van der Waals surface area contributed by atoms with Crippen LogP contribution in [0.4, 0.5) is 4.79 Å². The molecule has 2 amide bonds. The summed E-state index contributed by atoms with van der Waals surface area (Å²) in [6, 6.07) is 8.25. The van der Waals surface area contributed by atoms with Gasteiger partial charge in [-0.3, -0.25) is 4.79 Å². The predicted molar refractivity (Wildman–Crippen MR) is 106 cm³/mol. The number of benzene rings is 1. The lowest BCUT2D eigenvalue weighted by atomic mass is 9.72. The van der Waals surface area contributed by atoms with Crippen molar-refractivity contribution in [3.8, 4) is 5.69 Å². The van der Waals surface area contributed by atoms with Crippen molar-refractivity contribution in [1.82, 2.24) is 14.5 Å². The minimum absolute atomic E-state index is 0.0103. The first kappa shape index (κ1) is 18.5. The number of aromatic nitrogens is 2. The molecule has 1 unspecified atom stereocenters. The van der Waals surface area contributed by atoms with Crippen molar-refractivity contribution in [2.75, 3.05) is 6.54 Å². The zero-order chi connectivity index (χ0) is 20.1. The summed E-state index contributed by atoms with van der Waals surface area (Å²) < 4.78 is 2.08. The second kappa shape index (κ2) is 6.62. The quantitative estimate of drug-likeness (QED) is 0.762. The standard InChI is InChI=1S/C22H25N3O3/c1-22(2,3)16-10-11-24(21(27)28)20(26)15(16)12-17-19-9-8-14-6-4-5-7-18(14)25(19)13-23-17/h4-7,12-13,16H,8-11H2,1-3H3,(H,27,28). The number of imidazole rings is 1. The third-order valence-electron chi connectivity index (χ3n) is 5.86. The molecule has 1 aromatic carbocycles. The number of carbonyl (C=O) groups is 2. The molecule has 0 aliphatic carbocycles. The average Bonchev–Trinajstić information content (AvgIpc) is 3.05. The Bertz CT molecular complexity index is 981. The number of imide groups is 1. The number of para-hydroxylation sites is 1. The van der Waals surface area contributed by atoms with Gasteiger partial charge in [-0.05, 0) is 48.3 Å². The molecular weight excluding hydrogens is 354 g/mol. The molecule has 0 spiro atoms. The molecule has 1 saturated heterocycles. The smallest absolute Gasteiger partial charge is 0.414 e. The van der Waals surface area contributed by atoms with Gasteiger partial charge in [0.2, 0.25) is 0 Å². The Kier molecular flexibility index (Phi) is 4.37. The summed E-state index contributed by atoms with van der Waals surface area (Å²) in [7, 11) is 0. The highest BCUT2D eigenvalue weighted by Gasteiger charge is 2.40. The number of carbonyl (C=O) groups excluding carboxylic acids is 1. The molecule has 6 nitrogen and oxygen atoms in total. The van der Waals surface area contributed by atoms with E-state index in [1.54, 1.807) is 6.33 Å². The van der Waals surface area contributed by atoms with Crippen molar-refractivity contribution in [3.05, 3.63) is 53.1 Å². The molecule has 28 heavy (non-hydrogen) atoms. The normalized spacial score (nSPS) is 20.8. The number of hydrogen-bond donors (Lipinski definition) is 1. The molecule has 1 atom stereocenters. The molecule has 4 rings (SSSR count). The zero-order valence-electron chi connectivity index (χ0n) is 16.5. The number of carboxylic acid groups (broad SMARTS) is 1. The number of hydrogen-bond acceptors (Lipinski definition) is 3. The Morgan fingerprint density at radius 3 is 2.71 bits per heavy atom. The predicted octanol–water partition coefficient (Wildman–Crippen LogP) is 3.93. The maximum absolute atomic E-state index is 13.0. The first-order chi connectivity index (χ1) is 13.3. The van der Waals surface area contributed by atoms with Gasteiger partial charge in [-0.15, -0.1) is 0 Å². The van der Waals surface area contributed by atoms with Gasteiger partial charge in [0, 0.05) is 17.8 Å². The van der Waals surface area contributed by atoms with E-state index in [0.717, 1.165) is 34.8 Å². The average molecular weight is 379 g/mol. The second-order valence-electron chi connectivity index (χ2n) is 8.62. The summed E-state index contributed by atoms with van der Waals surface area (Å²) in [5.74, 6) is -0.430. The molecule has 1 fully saturated rings. The van der Waals surface area contributed by atoms with Crippen LogP contribution in [0.3, 0.4) is 0 Å². The van der Waals surface area contributed by atoms with Gasteiger partial charge < -0.3 is 9.67 Å². The third kappa shape index (κ3) is 3.03. The number of amides is 2. The molecule has 0 radical (unpaired) electrons. The van der Waals surface area contributed by atoms with E-state index in [-0.39, 0.29) is 17.9 Å². The molecular formula is C22H25N3O3. The van der Waals surface area contributed by atoms with Gasteiger partial charge >= 0.3 is 6.09 Å². The molecule has 2 aliphatic heterocycles. The number of likely N-dealkylation sites (tertiary alicyclic amines) is 1. The molecule has 6 heteroatoms. The number of piperidine rings is 1. The van der Waals surface area contributed by atoms with Crippen molar-refractivity contribution in [2.24, 2.45) is 11.3 Å². The zero-order valence-corrected chi connectivity index (χ0v) is 16.5. The van der Waals surface area contributed by atoms with Crippen molar-refractivity contribution in [3.63, 3.8) is 0 Å². The molecule has 1 N–H and O–H groups in total. The maximum atomic E-state index is 13.0. The van der Waals surface area contributed by atoms with E-state index in [0.29, 0.717) is 12.0 Å². The third-order valence-corrected chi connectivity index (χ3v) is 5.86. The first-order valence-electron chi connectivity index (χ1n) is 9.68. The lowest BCUT2D eigenvalue weighted by Gasteiger charge is -2.38. The fourth-order valence-electron chi connectivity index (χ4n) is 4.39. The Hall–Kier alpha value is -2.89. The Morgan fingerprint density at radius 1 is 1.25 bits per heavy atom. The van der Waals surface area contributed by atoms with E-state index in [1.165, 1.54) is 5.56 Å². The lowest BCUT2D eigenvalue weighted by molar-refractivity contribution is -0.128. The Balaban J connectivity index is 1.79. The summed E-state index contributed by atoms with van der Waals surface area (Å²) in [6.07, 6.45) is 4.83. The van der Waals surface area contributed by atoms with E-state index in [2.05, 4.69) is 42.5 Å². The van der Waals surface area contributed by atoms with E-state index in [4.69, 9.17) is 0 Å². The monoisotopic (exact) mass is 379 g/mol. The largest absolute Gasteiger partial charge is 0.465 e. The summed E-state index contributed by atoms with van der Waals surface area (Å²) in [4.78, 5) is 30.0. The van der Waals surface area contributed by atoms with Gasteiger partial charge in [0.05, 0.1) is 11.4 Å². The highest BCUT2D eigenvalue weighted by molar-refractivity contribution is 6.06. The molecule has 2 aliphatic rings. The number of fused-ring (bicyclic) bond motifs is 3. The molecule has 3 heterocycles. The summed E-state index contributed by atoms with van der Waals surface area (Å²) in [5, 5.41) is 9.40. The molecule has 2 aromatic rings. The van der Waals surface area contributed by atoms with Gasteiger partial charge in [-0.1, -0.05) is 39.0 Å². The van der Waals surface area contributed by atoms with Gasteiger partial charge in [-0.25, -0.2) is 14.7 Å². The van der Waals surface area contributed by atoms with E-state index in [9.17, 15) is 14.7 Å². The molecule has 1 aromatic heterocycles. The van der Waals surface area contributed by atoms with Gasteiger partial charge in [-0.2, -0.15) is 0 Å². The molecule has 0 bridgehead atoms. The topological polar surface area (TPSA) is 75.4 Å².